The van der Waals surface area contributed by atoms with Gasteiger partial charge in [-0.05, 0) is 74.2 Å². The summed E-state index contributed by atoms with van der Waals surface area (Å²) in [6.45, 7) is 1.93. The summed E-state index contributed by atoms with van der Waals surface area (Å²) in [5.74, 6) is -1.03. The lowest BCUT2D eigenvalue weighted by molar-refractivity contribution is -0.142. The molecule has 0 unspecified atom stereocenters. The van der Waals surface area contributed by atoms with Crippen LogP contribution in [0.4, 0.5) is 10.5 Å². The summed E-state index contributed by atoms with van der Waals surface area (Å²) in [7, 11) is 0. The lowest BCUT2D eigenvalue weighted by Crippen LogP contribution is -2.41. The summed E-state index contributed by atoms with van der Waals surface area (Å²) >= 11 is 1.46. The first-order chi connectivity index (χ1) is 13.0. The molecule has 0 spiro atoms. The first kappa shape index (κ1) is 19.2. The topological polar surface area (TPSA) is 104 Å². The van der Waals surface area contributed by atoms with Gasteiger partial charge < -0.3 is 15.7 Å². The number of rotatable bonds is 5. The molecule has 27 heavy (non-hydrogen) atoms. The van der Waals surface area contributed by atoms with Crippen LogP contribution in [-0.4, -0.2) is 33.1 Å². The number of hydrogen-bond acceptors (Lipinski definition) is 5. The molecule has 0 atom stereocenters. The number of nitrogens with one attached hydrogen (secondary N) is 2. The number of carbonyl (C=O) groups is 2. The van der Waals surface area contributed by atoms with E-state index >= 15 is 0 Å². The van der Waals surface area contributed by atoms with E-state index in [9.17, 15) is 9.59 Å². The number of nitrogens with zero attached hydrogens (tertiary/aromatic N) is 2. The van der Waals surface area contributed by atoms with Crippen molar-refractivity contribution in [1.29, 1.82) is 0 Å². The highest BCUT2D eigenvalue weighted by Crippen LogP contribution is 2.28. The SMILES string of the molecule is Cc1cc(Sc2ncccn2)ccc1NC(=O)NC1CCC(C(=O)O)CC1. The van der Waals surface area contributed by atoms with Crippen molar-refractivity contribution in [1.82, 2.24) is 15.3 Å². The van der Waals surface area contributed by atoms with E-state index < -0.39 is 5.97 Å². The minimum absolute atomic E-state index is 0.0194. The molecule has 2 aromatic rings. The second kappa shape index (κ2) is 8.85. The molecule has 3 rings (SSSR count). The molecule has 1 aromatic heterocycles. The van der Waals surface area contributed by atoms with Crippen LogP contribution in [0.1, 0.15) is 31.2 Å². The normalized spacial score (nSPS) is 19.3. The Morgan fingerprint density at radius 3 is 2.48 bits per heavy atom. The molecule has 1 aromatic carbocycles. The summed E-state index contributed by atoms with van der Waals surface area (Å²) in [5, 5.41) is 15.5. The van der Waals surface area contributed by atoms with Crippen LogP contribution in [0.3, 0.4) is 0 Å². The van der Waals surface area contributed by atoms with Crippen LogP contribution in [-0.2, 0) is 4.79 Å². The van der Waals surface area contributed by atoms with Crippen LogP contribution in [0.5, 0.6) is 0 Å². The van der Waals surface area contributed by atoms with E-state index in [0.29, 0.717) is 30.8 Å². The van der Waals surface area contributed by atoms with E-state index in [1.807, 2.05) is 25.1 Å². The van der Waals surface area contributed by atoms with Crippen molar-refractivity contribution in [3.05, 3.63) is 42.2 Å². The lowest BCUT2D eigenvalue weighted by Gasteiger charge is -2.27. The standard InChI is InChI=1S/C19H22N4O3S/c1-12-11-15(27-19-20-9-2-10-21-19)7-8-16(12)23-18(26)22-14-5-3-13(4-6-14)17(24)25/h2,7-11,13-14H,3-6H2,1H3,(H,24,25)(H2,22,23,26). The average Bonchev–Trinajstić information content (AvgIpc) is 2.65. The van der Waals surface area contributed by atoms with E-state index in [-0.39, 0.29) is 18.0 Å². The first-order valence-corrected chi connectivity index (χ1v) is 9.69. The Hall–Kier alpha value is -2.61. The Bertz CT molecular complexity index is 808. The van der Waals surface area contributed by atoms with Crippen LogP contribution in [0.2, 0.25) is 0 Å². The van der Waals surface area contributed by atoms with Crippen LogP contribution >= 0.6 is 11.8 Å². The molecule has 2 amide bonds. The zero-order chi connectivity index (χ0) is 19.2. The van der Waals surface area contributed by atoms with Gasteiger partial charge in [0.1, 0.15) is 0 Å². The molecule has 0 saturated heterocycles. The monoisotopic (exact) mass is 386 g/mol. The van der Waals surface area contributed by atoms with Gasteiger partial charge in [-0.3, -0.25) is 4.79 Å². The quantitative estimate of drug-likeness (QED) is 0.677. The number of hydrogen-bond donors (Lipinski definition) is 3. The van der Waals surface area contributed by atoms with Crippen LogP contribution in [0, 0.1) is 12.8 Å². The zero-order valence-electron chi connectivity index (χ0n) is 15.0. The molecule has 0 radical (unpaired) electrons. The number of carbonyl (C=O) groups excluding carboxylic acids is 1. The van der Waals surface area contributed by atoms with E-state index in [1.54, 1.807) is 18.5 Å². The Morgan fingerprint density at radius 1 is 1.15 bits per heavy atom. The molecule has 0 bridgehead atoms. The van der Waals surface area contributed by atoms with Gasteiger partial charge in [-0.2, -0.15) is 0 Å². The minimum atomic E-state index is -0.743. The number of aryl methyl sites for hydroxylation is 1. The van der Waals surface area contributed by atoms with Crippen molar-refractivity contribution in [2.75, 3.05) is 5.32 Å². The highest BCUT2D eigenvalue weighted by molar-refractivity contribution is 7.99. The predicted octanol–water partition coefficient (Wildman–Crippen LogP) is 3.70. The molecule has 1 aliphatic carbocycles. The maximum Gasteiger partial charge on any atom is 0.319 e. The van der Waals surface area contributed by atoms with Gasteiger partial charge in [0.05, 0.1) is 5.92 Å². The predicted molar refractivity (Wildman–Crippen MR) is 103 cm³/mol. The number of benzene rings is 1. The summed E-state index contributed by atoms with van der Waals surface area (Å²) in [6.07, 6.45) is 5.99. The number of aromatic nitrogens is 2. The van der Waals surface area contributed by atoms with E-state index in [1.165, 1.54) is 11.8 Å². The molecule has 7 nitrogen and oxygen atoms in total. The minimum Gasteiger partial charge on any atom is -0.481 e. The summed E-state index contributed by atoms with van der Waals surface area (Å²) < 4.78 is 0. The maximum absolute atomic E-state index is 12.3. The lowest BCUT2D eigenvalue weighted by atomic mass is 9.86. The van der Waals surface area contributed by atoms with Crippen LogP contribution in [0.15, 0.2) is 46.7 Å². The molecule has 0 aliphatic heterocycles. The fourth-order valence-electron chi connectivity index (χ4n) is 3.11. The van der Waals surface area contributed by atoms with Gasteiger partial charge in [0, 0.05) is 29.0 Å². The second-order valence-corrected chi connectivity index (χ2v) is 7.64. The molecular formula is C19H22N4O3S. The van der Waals surface area contributed by atoms with Crippen molar-refractivity contribution < 1.29 is 14.7 Å². The highest BCUT2D eigenvalue weighted by atomic mass is 32.2. The third-order valence-electron chi connectivity index (χ3n) is 4.61. The highest BCUT2D eigenvalue weighted by Gasteiger charge is 2.26. The molecule has 1 heterocycles. The zero-order valence-corrected chi connectivity index (χ0v) is 15.8. The van der Waals surface area contributed by atoms with Crippen LogP contribution in [0.25, 0.3) is 0 Å². The first-order valence-electron chi connectivity index (χ1n) is 8.87. The van der Waals surface area contributed by atoms with E-state index in [4.69, 9.17) is 5.11 Å². The summed E-state index contributed by atoms with van der Waals surface area (Å²) in [5.41, 5.74) is 1.69. The number of carboxylic acid groups (broad SMARTS) is 1. The Kier molecular flexibility index (Phi) is 6.28. The smallest absolute Gasteiger partial charge is 0.319 e. The Balaban J connectivity index is 1.53. The molecule has 8 heteroatoms. The van der Waals surface area contributed by atoms with Crippen molar-refractivity contribution in [3.63, 3.8) is 0 Å². The van der Waals surface area contributed by atoms with Gasteiger partial charge >= 0.3 is 12.0 Å². The van der Waals surface area contributed by atoms with E-state index in [2.05, 4.69) is 20.6 Å². The van der Waals surface area contributed by atoms with Gasteiger partial charge in [0.15, 0.2) is 5.16 Å². The summed E-state index contributed by atoms with van der Waals surface area (Å²) in [6, 6.07) is 7.29. The van der Waals surface area contributed by atoms with Crippen molar-refractivity contribution in [3.8, 4) is 0 Å². The largest absolute Gasteiger partial charge is 0.481 e. The molecule has 1 aliphatic rings. The number of aliphatic carboxylic acids is 1. The summed E-state index contributed by atoms with van der Waals surface area (Å²) in [4.78, 5) is 32.6. The Labute approximate surface area is 162 Å². The third-order valence-corrected chi connectivity index (χ3v) is 5.49. The number of anilines is 1. The van der Waals surface area contributed by atoms with Gasteiger partial charge in [0.25, 0.3) is 0 Å². The van der Waals surface area contributed by atoms with Gasteiger partial charge in [-0.15, -0.1) is 0 Å². The third kappa shape index (κ3) is 5.43. The fraction of sp³-hybridized carbons (Fsp3) is 0.368. The van der Waals surface area contributed by atoms with Crippen LogP contribution < -0.4 is 10.6 Å². The number of urea groups is 1. The molecule has 142 valence electrons. The second-order valence-electron chi connectivity index (χ2n) is 6.60. The number of amides is 2. The van der Waals surface area contributed by atoms with Crippen molar-refractivity contribution >= 4 is 29.4 Å². The molecule has 3 N–H and O–H groups in total. The van der Waals surface area contributed by atoms with Gasteiger partial charge in [-0.25, -0.2) is 14.8 Å². The number of carboxylic acids is 1. The van der Waals surface area contributed by atoms with Crippen molar-refractivity contribution in [2.24, 2.45) is 5.92 Å². The van der Waals surface area contributed by atoms with Crippen molar-refractivity contribution in [2.45, 2.75) is 48.7 Å². The van der Waals surface area contributed by atoms with Gasteiger partial charge in [-0.1, -0.05) is 0 Å². The molecule has 1 saturated carbocycles. The molecule has 1 fully saturated rings. The maximum atomic E-state index is 12.3. The Morgan fingerprint density at radius 2 is 1.85 bits per heavy atom. The molecular weight excluding hydrogens is 364 g/mol. The fourth-order valence-corrected chi connectivity index (χ4v) is 3.92. The average molecular weight is 386 g/mol. The van der Waals surface area contributed by atoms with E-state index in [0.717, 1.165) is 16.1 Å². The van der Waals surface area contributed by atoms with Gasteiger partial charge in [0.2, 0.25) is 0 Å².